The summed E-state index contributed by atoms with van der Waals surface area (Å²) in [7, 11) is -3.85. The Morgan fingerprint density at radius 3 is 2.55 bits per heavy atom. The van der Waals surface area contributed by atoms with Gasteiger partial charge in [0.15, 0.2) is 0 Å². The first-order valence-corrected chi connectivity index (χ1v) is 12.2. The molecule has 2 N–H and O–H groups in total. The van der Waals surface area contributed by atoms with Gasteiger partial charge in [-0.2, -0.15) is 0 Å². The standard InChI is InChI=1S/C21H20N6O4S2/c1-4-31-20(28)17-13(3)16-18(23-11-24-19(16)32-17)26-14-5-7-15(8-6-14)33(29,30)27-21-22-10-9-12(2)25-21/h5-11H,4H2,1-3H3,(H,22,25,27)(H,23,24,26). The molecule has 3 aromatic heterocycles. The lowest BCUT2D eigenvalue weighted by atomic mass is 10.2. The number of esters is 1. The van der Waals surface area contributed by atoms with Crippen LogP contribution in [0.5, 0.6) is 0 Å². The van der Waals surface area contributed by atoms with E-state index in [1.54, 1.807) is 32.0 Å². The molecule has 0 radical (unpaired) electrons. The van der Waals surface area contributed by atoms with E-state index in [1.165, 1.54) is 36.0 Å². The molecule has 0 fully saturated rings. The Morgan fingerprint density at radius 1 is 1.09 bits per heavy atom. The van der Waals surface area contributed by atoms with Gasteiger partial charge in [-0.1, -0.05) is 0 Å². The van der Waals surface area contributed by atoms with Gasteiger partial charge in [0.25, 0.3) is 10.0 Å². The number of hydrogen-bond acceptors (Lipinski definition) is 10. The number of aromatic nitrogens is 4. The molecule has 0 unspecified atom stereocenters. The van der Waals surface area contributed by atoms with Crippen molar-refractivity contribution in [2.45, 2.75) is 25.7 Å². The topological polar surface area (TPSA) is 136 Å². The average Bonchev–Trinajstić information content (AvgIpc) is 3.12. The second-order valence-electron chi connectivity index (χ2n) is 6.96. The molecular formula is C21H20N6O4S2. The van der Waals surface area contributed by atoms with E-state index < -0.39 is 16.0 Å². The van der Waals surface area contributed by atoms with Crippen molar-refractivity contribution >= 4 is 55.0 Å². The third-order valence-corrected chi connectivity index (χ3v) is 7.16. The minimum Gasteiger partial charge on any atom is -0.462 e. The lowest BCUT2D eigenvalue weighted by molar-refractivity contribution is 0.0531. The van der Waals surface area contributed by atoms with Gasteiger partial charge in [-0.05, 0) is 56.7 Å². The summed E-state index contributed by atoms with van der Waals surface area (Å²) in [5, 5.41) is 3.88. The molecule has 170 valence electrons. The van der Waals surface area contributed by atoms with Crippen molar-refractivity contribution in [3.63, 3.8) is 0 Å². The molecule has 0 amide bonds. The van der Waals surface area contributed by atoms with Crippen LogP contribution < -0.4 is 10.0 Å². The van der Waals surface area contributed by atoms with E-state index in [0.717, 1.165) is 5.56 Å². The molecule has 10 nitrogen and oxygen atoms in total. The van der Waals surface area contributed by atoms with Crippen LogP contribution in [-0.4, -0.2) is 40.9 Å². The minimum absolute atomic E-state index is 0.00548. The van der Waals surface area contributed by atoms with Crippen LogP contribution >= 0.6 is 11.3 Å². The molecule has 12 heteroatoms. The molecule has 0 saturated heterocycles. The van der Waals surface area contributed by atoms with Crippen LogP contribution in [0.4, 0.5) is 17.5 Å². The highest BCUT2D eigenvalue weighted by Gasteiger charge is 2.21. The zero-order chi connectivity index (χ0) is 23.6. The second-order valence-corrected chi connectivity index (χ2v) is 9.64. The van der Waals surface area contributed by atoms with E-state index in [0.29, 0.717) is 32.3 Å². The van der Waals surface area contributed by atoms with E-state index in [1.807, 2.05) is 6.92 Å². The van der Waals surface area contributed by atoms with Gasteiger partial charge < -0.3 is 10.1 Å². The maximum Gasteiger partial charge on any atom is 0.348 e. The molecule has 0 bridgehead atoms. The molecule has 4 rings (SSSR count). The maximum absolute atomic E-state index is 12.6. The van der Waals surface area contributed by atoms with Crippen LogP contribution in [0.1, 0.15) is 27.9 Å². The fraction of sp³-hybridized carbons (Fsp3) is 0.190. The monoisotopic (exact) mass is 484 g/mol. The van der Waals surface area contributed by atoms with Crippen molar-refractivity contribution in [1.82, 2.24) is 19.9 Å². The number of ether oxygens (including phenoxy) is 1. The molecule has 33 heavy (non-hydrogen) atoms. The van der Waals surface area contributed by atoms with Crippen molar-refractivity contribution in [2.75, 3.05) is 16.6 Å². The van der Waals surface area contributed by atoms with Crippen molar-refractivity contribution in [2.24, 2.45) is 0 Å². The fourth-order valence-corrected chi connectivity index (χ4v) is 5.08. The van der Waals surface area contributed by atoms with Gasteiger partial charge in [-0.3, -0.25) is 0 Å². The molecule has 0 aliphatic rings. The number of thiophene rings is 1. The molecule has 1 aromatic carbocycles. The van der Waals surface area contributed by atoms with Gasteiger partial charge in [0.1, 0.15) is 21.9 Å². The largest absolute Gasteiger partial charge is 0.462 e. The predicted octanol–water partition coefficient (Wildman–Crippen LogP) is 3.82. The maximum atomic E-state index is 12.6. The lowest BCUT2D eigenvalue weighted by Crippen LogP contribution is -2.15. The fourth-order valence-electron chi connectivity index (χ4n) is 3.09. The number of carbonyl (C=O) groups is 1. The number of fused-ring (bicyclic) bond motifs is 1. The lowest BCUT2D eigenvalue weighted by Gasteiger charge is -2.10. The number of hydrogen-bond donors (Lipinski definition) is 2. The van der Waals surface area contributed by atoms with E-state index in [4.69, 9.17) is 4.74 Å². The first kappa shape index (κ1) is 22.6. The molecule has 0 saturated carbocycles. The Balaban J connectivity index is 1.59. The second kappa shape index (κ2) is 9.08. The number of benzene rings is 1. The van der Waals surface area contributed by atoms with Crippen LogP contribution in [0.2, 0.25) is 0 Å². The third kappa shape index (κ3) is 4.76. The van der Waals surface area contributed by atoms with E-state index >= 15 is 0 Å². The number of aryl methyl sites for hydroxylation is 2. The highest BCUT2D eigenvalue weighted by molar-refractivity contribution is 7.92. The molecular weight excluding hydrogens is 464 g/mol. The summed E-state index contributed by atoms with van der Waals surface area (Å²) in [6.07, 6.45) is 2.88. The highest BCUT2D eigenvalue weighted by Crippen LogP contribution is 2.35. The van der Waals surface area contributed by atoms with E-state index in [2.05, 4.69) is 30.0 Å². The Labute approximate surface area is 194 Å². The van der Waals surface area contributed by atoms with Gasteiger partial charge in [0, 0.05) is 17.6 Å². The van der Waals surface area contributed by atoms with Crippen LogP contribution in [0.25, 0.3) is 10.2 Å². The van der Waals surface area contributed by atoms with E-state index in [-0.39, 0.29) is 17.5 Å². The number of anilines is 3. The highest BCUT2D eigenvalue weighted by atomic mass is 32.2. The predicted molar refractivity (Wildman–Crippen MR) is 125 cm³/mol. The van der Waals surface area contributed by atoms with Crippen molar-refractivity contribution in [3.05, 3.63) is 59.0 Å². The molecule has 3 heterocycles. The zero-order valence-electron chi connectivity index (χ0n) is 18.0. The van der Waals surface area contributed by atoms with Gasteiger partial charge >= 0.3 is 5.97 Å². The molecule has 0 aliphatic carbocycles. The van der Waals surface area contributed by atoms with Crippen LogP contribution in [0, 0.1) is 13.8 Å². The van der Waals surface area contributed by atoms with Crippen LogP contribution in [0.3, 0.4) is 0 Å². The van der Waals surface area contributed by atoms with Gasteiger partial charge in [-0.25, -0.2) is 37.9 Å². The van der Waals surface area contributed by atoms with Gasteiger partial charge in [0.2, 0.25) is 5.95 Å². The number of rotatable bonds is 7. The van der Waals surface area contributed by atoms with Crippen LogP contribution in [0.15, 0.2) is 47.8 Å². The normalized spacial score (nSPS) is 11.4. The summed E-state index contributed by atoms with van der Waals surface area (Å²) < 4.78 is 32.8. The van der Waals surface area contributed by atoms with Crippen molar-refractivity contribution in [3.8, 4) is 0 Å². The molecule has 0 aliphatic heterocycles. The van der Waals surface area contributed by atoms with Gasteiger partial charge in [0.05, 0.1) is 16.9 Å². The number of nitrogens with one attached hydrogen (secondary N) is 2. The Bertz CT molecular complexity index is 1440. The summed E-state index contributed by atoms with van der Waals surface area (Å²) in [6.45, 7) is 5.59. The first-order chi connectivity index (χ1) is 15.8. The smallest absolute Gasteiger partial charge is 0.348 e. The Kier molecular flexibility index (Phi) is 6.20. The van der Waals surface area contributed by atoms with Crippen molar-refractivity contribution < 1.29 is 17.9 Å². The molecule has 4 aromatic rings. The molecule has 0 atom stereocenters. The van der Waals surface area contributed by atoms with E-state index in [9.17, 15) is 13.2 Å². The Hall–Kier alpha value is -3.64. The first-order valence-electron chi connectivity index (χ1n) is 9.89. The SMILES string of the molecule is CCOC(=O)c1sc2ncnc(Nc3ccc(S(=O)(=O)Nc4nccc(C)n4)cc3)c2c1C. The minimum atomic E-state index is -3.85. The average molecular weight is 485 g/mol. The summed E-state index contributed by atoms with van der Waals surface area (Å²) >= 11 is 1.24. The molecule has 0 spiro atoms. The zero-order valence-corrected chi connectivity index (χ0v) is 19.6. The quantitative estimate of drug-likeness (QED) is 0.375. The summed E-state index contributed by atoms with van der Waals surface area (Å²) in [5.41, 5.74) is 1.98. The summed E-state index contributed by atoms with van der Waals surface area (Å²) in [6, 6.07) is 7.83. The summed E-state index contributed by atoms with van der Waals surface area (Å²) in [4.78, 5) is 30.0. The van der Waals surface area contributed by atoms with Crippen LogP contribution in [-0.2, 0) is 14.8 Å². The van der Waals surface area contributed by atoms with Crippen molar-refractivity contribution in [1.29, 1.82) is 0 Å². The summed E-state index contributed by atoms with van der Waals surface area (Å²) in [5.74, 6) is 0.112. The number of nitrogens with zero attached hydrogens (tertiary/aromatic N) is 4. The Morgan fingerprint density at radius 2 is 1.85 bits per heavy atom. The van der Waals surface area contributed by atoms with Gasteiger partial charge in [-0.15, -0.1) is 11.3 Å². The number of carbonyl (C=O) groups excluding carboxylic acids is 1. The third-order valence-electron chi connectivity index (χ3n) is 4.64. The number of sulfonamides is 1.